The molecule has 0 radical (unpaired) electrons. The Bertz CT molecular complexity index is 353. The molecule has 1 rings (SSSR count). The highest BCUT2D eigenvalue weighted by Gasteiger charge is 2.06. The Morgan fingerprint density at radius 3 is 2.88 bits per heavy atom. The topological polar surface area (TPSA) is 38.3 Å². The monoisotopic (exact) mass is 241 g/mol. The third-order valence-electron chi connectivity index (χ3n) is 1.93. The molecule has 1 aromatic rings. The molecule has 0 unspecified atom stereocenters. The van der Waals surface area contributed by atoms with Gasteiger partial charge < -0.3 is 0 Å². The summed E-state index contributed by atoms with van der Waals surface area (Å²) in [4.78, 5) is 16.7. The Morgan fingerprint density at radius 1 is 1.50 bits per heavy atom. The first kappa shape index (κ1) is 13.0. The lowest BCUT2D eigenvalue weighted by Gasteiger charge is -2.08. The summed E-state index contributed by atoms with van der Waals surface area (Å²) in [6.45, 7) is 4.53. The van der Waals surface area contributed by atoms with Crippen LogP contribution in [0.3, 0.4) is 0 Å². The van der Waals surface area contributed by atoms with Crippen LogP contribution in [0.1, 0.15) is 29.8 Å². The van der Waals surface area contributed by atoms with Crippen molar-refractivity contribution in [2.24, 2.45) is 5.92 Å². The van der Waals surface area contributed by atoms with Gasteiger partial charge in [0.2, 0.25) is 0 Å². The molecule has 4 heteroatoms. The Kier molecular flexibility index (Phi) is 5.29. The van der Waals surface area contributed by atoms with Gasteiger partial charge in [0, 0.05) is 11.4 Å². The molecule has 0 bridgehead atoms. The highest BCUT2D eigenvalue weighted by molar-refractivity contribution is 6.17. The van der Waals surface area contributed by atoms with Crippen LogP contribution in [0.4, 0.5) is 0 Å². The zero-order valence-electron chi connectivity index (χ0n) is 9.50. The molecular weight excluding hydrogens is 226 g/mol. The number of alkyl halides is 1. The minimum absolute atomic E-state index is 0.243. The van der Waals surface area contributed by atoms with Gasteiger partial charge in [-0.05, 0) is 23.6 Å². The fraction of sp³-hybridized carbons (Fsp3) is 0.417. The molecule has 16 heavy (non-hydrogen) atoms. The van der Waals surface area contributed by atoms with Crippen LogP contribution in [0.15, 0.2) is 24.3 Å². The Morgan fingerprint density at radius 2 is 2.25 bits per heavy atom. The molecule has 1 aromatic carbocycles. The number of amides is 1. The lowest BCUT2D eigenvalue weighted by molar-refractivity contribution is 0.0208. The van der Waals surface area contributed by atoms with Crippen LogP contribution in [0, 0.1) is 5.92 Å². The fourth-order valence-electron chi connectivity index (χ4n) is 1.13. The van der Waals surface area contributed by atoms with E-state index in [1.807, 2.05) is 19.9 Å². The molecular formula is C12H16ClNO2. The number of rotatable bonds is 5. The van der Waals surface area contributed by atoms with Gasteiger partial charge in [-0.15, -0.1) is 11.6 Å². The van der Waals surface area contributed by atoms with Gasteiger partial charge in [-0.3, -0.25) is 9.63 Å². The van der Waals surface area contributed by atoms with E-state index in [0.717, 1.165) is 5.56 Å². The van der Waals surface area contributed by atoms with Gasteiger partial charge in [-0.2, -0.15) is 0 Å². The van der Waals surface area contributed by atoms with E-state index in [4.69, 9.17) is 16.4 Å². The molecule has 0 aliphatic rings. The minimum atomic E-state index is -0.243. The van der Waals surface area contributed by atoms with E-state index < -0.39 is 0 Å². The second kappa shape index (κ2) is 6.51. The lowest BCUT2D eigenvalue weighted by atomic mass is 10.1. The maximum Gasteiger partial charge on any atom is 0.274 e. The van der Waals surface area contributed by atoms with Crippen LogP contribution in [0.2, 0.25) is 0 Å². The van der Waals surface area contributed by atoms with Crippen LogP contribution < -0.4 is 5.48 Å². The number of nitrogens with one attached hydrogen (secondary N) is 1. The van der Waals surface area contributed by atoms with E-state index in [0.29, 0.717) is 24.0 Å². The van der Waals surface area contributed by atoms with Gasteiger partial charge in [0.25, 0.3) is 5.91 Å². The van der Waals surface area contributed by atoms with Crippen LogP contribution in [-0.2, 0) is 10.7 Å². The summed E-state index contributed by atoms with van der Waals surface area (Å²) in [6, 6.07) is 7.15. The van der Waals surface area contributed by atoms with Crippen molar-refractivity contribution in [2.45, 2.75) is 19.7 Å². The molecule has 0 heterocycles. The number of benzene rings is 1. The molecule has 0 saturated carbocycles. The van der Waals surface area contributed by atoms with E-state index >= 15 is 0 Å². The summed E-state index contributed by atoms with van der Waals surface area (Å²) in [7, 11) is 0. The Balaban J connectivity index is 2.52. The van der Waals surface area contributed by atoms with Gasteiger partial charge in [-0.25, -0.2) is 5.48 Å². The number of hydrogen-bond acceptors (Lipinski definition) is 2. The quantitative estimate of drug-likeness (QED) is 0.636. The summed E-state index contributed by atoms with van der Waals surface area (Å²) in [5.41, 5.74) is 3.87. The van der Waals surface area contributed by atoms with Crippen LogP contribution in [0.5, 0.6) is 0 Å². The Hall–Kier alpha value is -1.06. The summed E-state index contributed by atoms with van der Waals surface area (Å²) in [5, 5.41) is 0. The fourth-order valence-corrected chi connectivity index (χ4v) is 1.29. The number of halogens is 1. The van der Waals surface area contributed by atoms with Crippen molar-refractivity contribution in [3.8, 4) is 0 Å². The third-order valence-corrected chi connectivity index (χ3v) is 2.23. The zero-order chi connectivity index (χ0) is 12.0. The van der Waals surface area contributed by atoms with Gasteiger partial charge >= 0.3 is 0 Å². The highest BCUT2D eigenvalue weighted by Crippen LogP contribution is 2.07. The highest BCUT2D eigenvalue weighted by atomic mass is 35.5. The lowest BCUT2D eigenvalue weighted by Crippen LogP contribution is -2.25. The molecule has 3 nitrogen and oxygen atoms in total. The van der Waals surface area contributed by atoms with Crippen LogP contribution in [-0.4, -0.2) is 12.5 Å². The van der Waals surface area contributed by atoms with Crippen LogP contribution in [0.25, 0.3) is 0 Å². The summed E-state index contributed by atoms with van der Waals surface area (Å²) in [5.74, 6) is 0.538. The van der Waals surface area contributed by atoms with Crippen molar-refractivity contribution in [3.05, 3.63) is 35.4 Å². The first-order valence-electron chi connectivity index (χ1n) is 5.20. The van der Waals surface area contributed by atoms with Gasteiger partial charge in [0.1, 0.15) is 0 Å². The standard InChI is InChI=1S/C12H16ClNO2/c1-9(2)8-16-14-12(15)11-5-3-4-10(6-11)7-13/h3-6,9H,7-8H2,1-2H3,(H,14,15). The maximum absolute atomic E-state index is 11.6. The molecule has 0 saturated heterocycles. The predicted molar refractivity (Wildman–Crippen MR) is 64.3 cm³/mol. The SMILES string of the molecule is CC(C)CONC(=O)c1cccc(CCl)c1. The summed E-state index contributed by atoms with van der Waals surface area (Å²) < 4.78 is 0. The predicted octanol–water partition coefficient (Wildman–Crippen LogP) is 2.74. The molecule has 0 aromatic heterocycles. The van der Waals surface area contributed by atoms with Crippen molar-refractivity contribution in [2.75, 3.05) is 6.61 Å². The molecule has 0 fully saturated rings. The van der Waals surface area contributed by atoms with Crippen molar-refractivity contribution in [1.82, 2.24) is 5.48 Å². The van der Waals surface area contributed by atoms with Crippen molar-refractivity contribution >= 4 is 17.5 Å². The minimum Gasteiger partial charge on any atom is -0.273 e. The zero-order valence-corrected chi connectivity index (χ0v) is 10.3. The van der Waals surface area contributed by atoms with E-state index in [-0.39, 0.29) is 5.91 Å². The third kappa shape index (κ3) is 4.21. The van der Waals surface area contributed by atoms with Crippen LogP contribution >= 0.6 is 11.6 Å². The number of carbonyl (C=O) groups excluding carboxylic acids is 1. The molecule has 0 aliphatic carbocycles. The smallest absolute Gasteiger partial charge is 0.273 e. The van der Waals surface area contributed by atoms with Gasteiger partial charge in [0.15, 0.2) is 0 Å². The number of carbonyl (C=O) groups is 1. The van der Waals surface area contributed by atoms with E-state index in [1.165, 1.54) is 0 Å². The van der Waals surface area contributed by atoms with Gasteiger partial charge in [-0.1, -0.05) is 26.0 Å². The van der Waals surface area contributed by atoms with E-state index in [1.54, 1.807) is 18.2 Å². The van der Waals surface area contributed by atoms with Crippen molar-refractivity contribution in [1.29, 1.82) is 0 Å². The van der Waals surface area contributed by atoms with E-state index in [2.05, 4.69) is 5.48 Å². The number of hydrogen-bond donors (Lipinski definition) is 1. The second-order valence-corrected chi connectivity index (χ2v) is 4.24. The maximum atomic E-state index is 11.6. The number of hydroxylamine groups is 1. The van der Waals surface area contributed by atoms with Gasteiger partial charge in [0.05, 0.1) is 6.61 Å². The summed E-state index contributed by atoms with van der Waals surface area (Å²) in [6.07, 6.45) is 0. The summed E-state index contributed by atoms with van der Waals surface area (Å²) >= 11 is 5.69. The first-order valence-corrected chi connectivity index (χ1v) is 5.74. The Labute approximate surface area is 101 Å². The average Bonchev–Trinajstić information content (AvgIpc) is 2.28. The molecule has 1 amide bonds. The molecule has 0 atom stereocenters. The van der Waals surface area contributed by atoms with Crippen molar-refractivity contribution in [3.63, 3.8) is 0 Å². The molecule has 88 valence electrons. The molecule has 0 aliphatic heterocycles. The first-order chi connectivity index (χ1) is 7.63. The largest absolute Gasteiger partial charge is 0.274 e. The average molecular weight is 242 g/mol. The molecule has 1 N–H and O–H groups in total. The molecule has 0 spiro atoms. The second-order valence-electron chi connectivity index (χ2n) is 3.97. The normalized spacial score (nSPS) is 10.5. The van der Waals surface area contributed by atoms with Crippen molar-refractivity contribution < 1.29 is 9.63 Å². The van der Waals surface area contributed by atoms with E-state index in [9.17, 15) is 4.79 Å².